The van der Waals surface area contributed by atoms with Crippen molar-refractivity contribution in [3.8, 4) is 0 Å². The van der Waals surface area contributed by atoms with Gasteiger partial charge in [0.05, 0.1) is 5.60 Å². The van der Waals surface area contributed by atoms with Gasteiger partial charge in [0.2, 0.25) is 0 Å². The SMILES string of the molecule is COC1(CC2CCC(C)(C)CC2)CCNCC1. The highest BCUT2D eigenvalue weighted by Gasteiger charge is 2.36. The van der Waals surface area contributed by atoms with Gasteiger partial charge in [-0.1, -0.05) is 13.8 Å². The molecule has 2 heteroatoms. The summed E-state index contributed by atoms with van der Waals surface area (Å²) in [6, 6.07) is 0. The normalized spacial score (nSPS) is 29.1. The molecule has 2 fully saturated rings. The molecule has 0 spiro atoms. The molecule has 17 heavy (non-hydrogen) atoms. The van der Waals surface area contributed by atoms with Gasteiger partial charge < -0.3 is 10.1 Å². The van der Waals surface area contributed by atoms with Crippen LogP contribution in [0.1, 0.15) is 58.8 Å². The maximum Gasteiger partial charge on any atom is 0.0705 e. The fourth-order valence-electron chi connectivity index (χ4n) is 3.56. The van der Waals surface area contributed by atoms with Crippen molar-refractivity contribution in [1.82, 2.24) is 5.32 Å². The zero-order valence-electron chi connectivity index (χ0n) is 11.8. The maximum atomic E-state index is 5.89. The average molecular weight is 239 g/mol. The molecule has 0 radical (unpaired) electrons. The predicted molar refractivity (Wildman–Crippen MR) is 72.2 cm³/mol. The lowest BCUT2D eigenvalue weighted by Crippen LogP contribution is -2.45. The second-order valence-electron chi connectivity index (χ2n) is 6.95. The van der Waals surface area contributed by atoms with Crippen LogP contribution in [-0.2, 0) is 4.74 Å². The summed E-state index contributed by atoms with van der Waals surface area (Å²) in [6.45, 7) is 7.10. The molecule has 2 nitrogen and oxygen atoms in total. The lowest BCUT2D eigenvalue weighted by molar-refractivity contribution is -0.0575. The molecular formula is C15H29NO. The summed E-state index contributed by atoms with van der Waals surface area (Å²) in [7, 11) is 1.91. The Labute approximate surface area is 107 Å². The molecule has 0 unspecified atom stereocenters. The first kappa shape index (κ1) is 13.4. The molecule has 100 valence electrons. The molecule has 0 atom stereocenters. The third kappa shape index (κ3) is 3.45. The van der Waals surface area contributed by atoms with E-state index in [4.69, 9.17) is 4.74 Å². The molecule has 1 aliphatic heterocycles. The van der Waals surface area contributed by atoms with Crippen LogP contribution in [0, 0.1) is 11.3 Å². The maximum absolute atomic E-state index is 5.89. The molecule has 2 rings (SSSR count). The Balaban J connectivity index is 1.87. The van der Waals surface area contributed by atoms with Crippen LogP contribution in [0.15, 0.2) is 0 Å². The molecule has 1 N–H and O–H groups in total. The highest BCUT2D eigenvalue weighted by Crippen LogP contribution is 2.42. The number of nitrogens with one attached hydrogen (secondary N) is 1. The van der Waals surface area contributed by atoms with Crippen molar-refractivity contribution in [2.45, 2.75) is 64.4 Å². The van der Waals surface area contributed by atoms with Crippen molar-refractivity contribution >= 4 is 0 Å². The van der Waals surface area contributed by atoms with Gasteiger partial charge in [0.1, 0.15) is 0 Å². The molecule has 1 aliphatic carbocycles. The highest BCUT2D eigenvalue weighted by molar-refractivity contribution is 4.90. The largest absolute Gasteiger partial charge is 0.378 e. The van der Waals surface area contributed by atoms with Crippen LogP contribution in [0.4, 0.5) is 0 Å². The van der Waals surface area contributed by atoms with E-state index < -0.39 is 0 Å². The minimum absolute atomic E-state index is 0.192. The predicted octanol–water partition coefficient (Wildman–Crippen LogP) is 3.36. The fourth-order valence-corrected chi connectivity index (χ4v) is 3.56. The van der Waals surface area contributed by atoms with Crippen molar-refractivity contribution in [2.24, 2.45) is 11.3 Å². The Hall–Kier alpha value is -0.0800. The van der Waals surface area contributed by atoms with Gasteiger partial charge in [0.25, 0.3) is 0 Å². The summed E-state index contributed by atoms with van der Waals surface area (Å²) in [4.78, 5) is 0. The fraction of sp³-hybridized carbons (Fsp3) is 1.00. The molecule has 1 saturated heterocycles. The Kier molecular flexibility index (Phi) is 4.14. The van der Waals surface area contributed by atoms with Gasteiger partial charge in [-0.3, -0.25) is 0 Å². The molecule has 1 saturated carbocycles. The monoisotopic (exact) mass is 239 g/mol. The zero-order valence-corrected chi connectivity index (χ0v) is 11.8. The number of hydrogen-bond donors (Lipinski definition) is 1. The van der Waals surface area contributed by atoms with Gasteiger partial charge in [0.15, 0.2) is 0 Å². The summed E-state index contributed by atoms with van der Waals surface area (Å²) in [6.07, 6.45) is 9.30. The van der Waals surface area contributed by atoms with E-state index in [1.165, 1.54) is 44.9 Å². The van der Waals surface area contributed by atoms with Gasteiger partial charge in [-0.05, 0) is 69.4 Å². The Morgan fingerprint density at radius 1 is 1.06 bits per heavy atom. The van der Waals surface area contributed by atoms with Crippen LogP contribution in [0.25, 0.3) is 0 Å². The first-order chi connectivity index (χ1) is 8.05. The summed E-state index contributed by atoms with van der Waals surface area (Å²) in [5.74, 6) is 0.904. The number of piperidine rings is 1. The smallest absolute Gasteiger partial charge is 0.0705 e. The van der Waals surface area contributed by atoms with Crippen LogP contribution in [0.2, 0.25) is 0 Å². The molecule has 2 aliphatic rings. The molecule has 0 aromatic heterocycles. The average Bonchev–Trinajstić information content (AvgIpc) is 2.33. The van der Waals surface area contributed by atoms with Crippen LogP contribution in [0.5, 0.6) is 0 Å². The lowest BCUT2D eigenvalue weighted by atomic mass is 9.69. The number of rotatable bonds is 3. The van der Waals surface area contributed by atoms with E-state index in [1.807, 2.05) is 7.11 Å². The Morgan fingerprint density at radius 2 is 1.65 bits per heavy atom. The molecule has 0 bridgehead atoms. The van der Waals surface area contributed by atoms with Gasteiger partial charge in [-0.2, -0.15) is 0 Å². The highest BCUT2D eigenvalue weighted by atomic mass is 16.5. The quantitative estimate of drug-likeness (QED) is 0.815. The first-order valence-corrected chi connectivity index (χ1v) is 7.31. The standard InChI is InChI=1S/C15H29NO/c1-14(2)6-4-13(5-7-14)12-15(17-3)8-10-16-11-9-15/h13,16H,4-12H2,1-3H3. The van der Waals surface area contributed by atoms with E-state index in [-0.39, 0.29) is 5.60 Å². The van der Waals surface area contributed by atoms with Crippen molar-refractivity contribution in [2.75, 3.05) is 20.2 Å². The van der Waals surface area contributed by atoms with E-state index in [1.54, 1.807) is 0 Å². The van der Waals surface area contributed by atoms with E-state index in [9.17, 15) is 0 Å². The molecule has 0 aromatic rings. The van der Waals surface area contributed by atoms with Crippen molar-refractivity contribution < 1.29 is 4.74 Å². The second kappa shape index (κ2) is 5.27. The van der Waals surface area contributed by atoms with Crippen LogP contribution in [0.3, 0.4) is 0 Å². The minimum Gasteiger partial charge on any atom is -0.378 e. The molecule has 0 amide bonds. The van der Waals surface area contributed by atoms with Gasteiger partial charge >= 0.3 is 0 Å². The number of ether oxygens (including phenoxy) is 1. The first-order valence-electron chi connectivity index (χ1n) is 7.31. The van der Waals surface area contributed by atoms with Crippen molar-refractivity contribution in [3.05, 3.63) is 0 Å². The molecule has 0 aromatic carbocycles. The van der Waals surface area contributed by atoms with Crippen LogP contribution in [-0.4, -0.2) is 25.8 Å². The molecule has 1 heterocycles. The van der Waals surface area contributed by atoms with E-state index in [2.05, 4.69) is 19.2 Å². The molecular weight excluding hydrogens is 210 g/mol. The zero-order chi connectivity index (χ0) is 12.4. The Bertz CT molecular complexity index is 233. The van der Waals surface area contributed by atoms with Gasteiger partial charge in [-0.15, -0.1) is 0 Å². The summed E-state index contributed by atoms with van der Waals surface area (Å²) in [5, 5.41) is 3.44. The summed E-state index contributed by atoms with van der Waals surface area (Å²) >= 11 is 0. The van der Waals surface area contributed by atoms with Gasteiger partial charge in [-0.25, -0.2) is 0 Å². The third-order valence-electron chi connectivity index (χ3n) is 5.07. The summed E-state index contributed by atoms with van der Waals surface area (Å²) in [5.41, 5.74) is 0.780. The van der Waals surface area contributed by atoms with Crippen molar-refractivity contribution in [1.29, 1.82) is 0 Å². The van der Waals surface area contributed by atoms with E-state index in [0.29, 0.717) is 5.41 Å². The third-order valence-corrected chi connectivity index (χ3v) is 5.07. The minimum atomic E-state index is 0.192. The van der Waals surface area contributed by atoms with E-state index >= 15 is 0 Å². The van der Waals surface area contributed by atoms with Crippen LogP contribution >= 0.6 is 0 Å². The van der Waals surface area contributed by atoms with Crippen molar-refractivity contribution in [3.63, 3.8) is 0 Å². The Morgan fingerprint density at radius 3 is 2.18 bits per heavy atom. The number of methoxy groups -OCH3 is 1. The second-order valence-corrected chi connectivity index (χ2v) is 6.95. The summed E-state index contributed by atoms with van der Waals surface area (Å²) < 4.78 is 5.89. The lowest BCUT2D eigenvalue weighted by Gasteiger charge is -2.42. The van der Waals surface area contributed by atoms with E-state index in [0.717, 1.165) is 19.0 Å². The topological polar surface area (TPSA) is 21.3 Å². The number of hydrogen-bond acceptors (Lipinski definition) is 2. The van der Waals surface area contributed by atoms with Gasteiger partial charge in [0, 0.05) is 7.11 Å². The van der Waals surface area contributed by atoms with Crippen LogP contribution < -0.4 is 5.32 Å².